The highest BCUT2D eigenvalue weighted by Crippen LogP contribution is 2.30. The van der Waals surface area contributed by atoms with Gasteiger partial charge in [0.2, 0.25) is 5.91 Å². The first-order chi connectivity index (χ1) is 12.1. The van der Waals surface area contributed by atoms with E-state index in [1.807, 2.05) is 18.2 Å². The molecule has 1 fully saturated rings. The number of hydrogen-bond donors (Lipinski definition) is 3. The van der Waals surface area contributed by atoms with E-state index in [0.717, 1.165) is 23.0 Å². The van der Waals surface area contributed by atoms with Crippen LogP contribution in [0.4, 0.5) is 4.79 Å². The van der Waals surface area contributed by atoms with Crippen LogP contribution in [0.15, 0.2) is 42.5 Å². The molecule has 3 N–H and O–H groups in total. The van der Waals surface area contributed by atoms with Gasteiger partial charge in [-0.05, 0) is 37.1 Å². The molecule has 1 aliphatic heterocycles. The predicted octanol–water partition coefficient (Wildman–Crippen LogP) is 2.13. The number of amides is 3. The first kappa shape index (κ1) is 15.7. The molecule has 3 aromatic rings. The molecule has 2 atom stereocenters. The summed E-state index contributed by atoms with van der Waals surface area (Å²) in [5.74, 6) is -1.15. The topological polar surface area (TPSA) is 83.4 Å². The van der Waals surface area contributed by atoms with Gasteiger partial charge in [-0.25, -0.2) is 4.79 Å². The number of fused-ring (bicyclic) bond motifs is 3. The Morgan fingerprint density at radius 3 is 2.60 bits per heavy atom. The lowest BCUT2D eigenvalue weighted by atomic mass is 9.94. The maximum absolute atomic E-state index is 12.0. The molecule has 6 nitrogen and oxygen atoms in total. The van der Waals surface area contributed by atoms with Gasteiger partial charge in [0.15, 0.2) is 0 Å². The molecule has 1 aliphatic rings. The number of aliphatic hydroxyl groups is 1. The third-order valence-electron chi connectivity index (χ3n) is 4.84. The molecule has 0 saturated carbocycles. The fourth-order valence-corrected chi connectivity index (χ4v) is 3.65. The van der Waals surface area contributed by atoms with Crippen molar-refractivity contribution in [2.45, 2.75) is 26.1 Å². The van der Waals surface area contributed by atoms with Crippen molar-refractivity contribution in [1.82, 2.24) is 15.2 Å². The Morgan fingerprint density at radius 2 is 1.84 bits per heavy atom. The zero-order valence-corrected chi connectivity index (χ0v) is 13.8. The number of carbonyl (C=O) groups excluding carboxylic acids is 2. The summed E-state index contributed by atoms with van der Waals surface area (Å²) in [4.78, 5) is 23.2. The molecule has 0 spiro atoms. The van der Waals surface area contributed by atoms with E-state index in [1.165, 1.54) is 10.9 Å². The number of aliphatic hydroxyl groups excluding tert-OH is 1. The highest BCUT2D eigenvalue weighted by molar-refractivity contribution is 6.08. The van der Waals surface area contributed by atoms with Crippen LogP contribution in [0.25, 0.3) is 21.8 Å². The second-order valence-corrected chi connectivity index (χ2v) is 6.33. The van der Waals surface area contributed by atoms with E-state index in [9.17, 15) is 14.7 Å². The molecule has 0 radical (unpaired) electrons. The Labute approximate surface area is 144 Å². The molecular weight excluding hydrogens is 318 g/mol. The summed E-state index contributed by atoms with van der Waals surface area (Å²) in [6.45, 7) is 2.99. The maximum atomic E-state index is 12.0. The van der Waals surface area contributed by atoms with Gasteiger partial charge in [-0.15, -0.1) is 0 Å². The van der Waals surface area contributed by atoms with Crippen molar-refractivity contribution in [3.8, 4) is 0 Å². The van der Waals surface area contributed by atoms with Crippen molar-refractivity contribution in [1.29, 1.82) is 0 Å². The van der Waals surface area contributed by atoms with E-state index < -0.39 is 24.1 Å². The van der Waals surface area contributed by atoms with Crippen molar-refractivity contribution in [3.05, 3.63) is 48.0 Å². The zero-order valence-electron chi connectivity index (χ0n) is 13.8. The summed E-state index contributed by atoms with van der Waals surface area (Å²) in [6, 6.07) is 13.7. The largest absolute Gasteiger partial charge is 0.373 e. The van der Waals surface area contributed by atoms with Gasteiger partial charge in [0, 0.05) is 28.4 Å². The third kappa shape index (κ3) is 2.55. The molecule has 0 aliphatic carbocycles. The first-order valence-corrected chi connectivity index (χ1v) is 8.37. The van der Waals surface area contributed by atoms with E-state index in [4.69, 9.17) is 0 Å². The smallest absolute Gasteiger partial charge is 0.323 e. The van der Waals surface area contributed by atoms with Gasteiger partial charge >= 0.3 is 6.03 Å². The first-order valence-electron chi connectivity index (χ1n) is 8.37. The number of nitrogens with one attached hydrogen (secondary N) is 2. The number of urea groups is 1. The summed E-state index contributed by atoms with van der Waals surface area (Å²) in [5, 5.41) is 16.8. The van der Waals surface area contributed by atoms with Gasteiger partial charge < -0.3 is 15.0 Å². The molecule has 4 rings (SSSR count). The summed E-state index contributed by atoms with van der Waals surface area (Å²) < 4.78 is 2.26. The number of carbonyl (C=O) groups is 2. The van der Waals surface area contributed by atoms with Crippen LogP contribution < -0.4 is 10.6 Å². The lowest BCUT2D eigenvalue weighted by molar-refractivity contribution is -0.129. The lowest BCUT2D eigenvalue weighted by Crippen LogP contribution is -2.58. The van der Waals surface area contributed by atoms with E-state index in [0.29, 0.717) is 6.42 Å². The van der Waals surface area contributed by atoms with E-state index in [-0.39, 0.29) is 0 Å². The quantitative estimate of drug-likeness (QED) is 0.685. The maximum Gasteiger partial charge on any atom is 0.323 e. The summed E-state index contributed by atoms with van der Waals surface area (Å²) in [6.07, 6.45) is -0.816. The Morgan fingerprint density at radius 1 is 1.08 bits per heavy atom. The van der Waals surface area contributed by atoms with Gasteiger partial charge in [-0.1, -0.05) is 24.3 Å². The summed E-state index contributed by atoms with van der Waals surface area (Å²) in [7, 11) is 0. The number of rotatable bonds is 3. The number of para-hydroxylation sites is 1. The predicted molar refractivity (Wildman–Crippen MR) is 95.0 cm³/mol. The lowest BCUT2D eigenvalue weighted by Gasteiger charge is -2.27. The molecule has 6 heteroatoms. The molecule has 2 aromatic carbocycles. The van der Waals surface area contributed by atoms with Crippen LogP contribution in [0.3, 0.4) is 0 Å². The van der Waals surface area contributed by atoms with Crippen LogP contribution in [0, 0.1) is 5.92 Å². The zero-order chi connectivity index (χ0) is 17.6. The SMILES string of the molecule is CCn1c2ccccc2c2cc(CC3C(=O)NC(=O)NC3O)ccc21. The minimum atomic E-state index is -1.17. The Hall–Kier alpha value is -2.86. The standard InChI is InChI=1S/C19H19N3O3/c1-2-22-15-6-4-3-5-12(15)13-9-11(7-8-16(13)22)10-14-17(23)20-19(25)21-18(14)24/h3-9,14,17,23H,2,10H2,1H3,(H2,20,21,24,25). The highest BCUT2D eigenvalue weighted by atomic mass is 16.3. The van der Waals surface area contributed by atoms with Crippen molar-refractivity contribution in [2.75, 3.05) is 0 Å². The molecule has 1 aromatic heterocycles. The van der Waals surface area contributed by atoms with Crippen molar-refractivity contribution < 1.29 is 14.7 Å². The summed E-state index contributed by atoms with van der Waals surface area (Å²) >= 11 is 0. The van der Waals surface area contributed by atoms with E-state index in [2.05, 4.69) is 46.4 Å². The van der Waals surface area contributed by atoms with E-state index in [1.54, 1.807) is 0 Å². The van der Waals surface area contributed by atoms with Crippen LogP contribution in [0.2, 0.25) is 0 Å². The summed E-state index contributed by atoms with van der Waals surface area (Å²) in [5.41, 5.74) is 3.27. The highest BCUT2D eigenvalue weighted by Gasteiger charge is 2.34. The van der Waals surface area contributed by atoms with Crippen LogP contribution in [-0.4, -0.2) is 27.8 Å². The molecule has 0 bridgehead atoms. The van der Waals surface area contributed by atoms with Gasteiger partial charge in [0.1, 0.15) is 6.23 Å². The fraction of sp³-hybridized carbons (Fsp3) is 0.263. The average molecular weight is 337 g/mol. The van der Waals surface area contributed by atoms with Crippen molar-refractivity contribution in [3.63, 3.8) is 0 Å². The third-order valence-corrected chi connectivity index (χ3v) is 4.84. The Bertz CT molecular complexity index is 992. The Kier molecular flexibility index (Phi) is 3.69. The van der Waals surface area contributed by atoms with Crippen molar-refractivity contribution >= 4 is 33.7 Å². The van der Waals surface area contributed by atoms with Gasteiger partial charge in [0.05, 0.1) is 5.92 Å². The van der Waals surface area contributed by atoms with Crippen LogP contribution >= 0.6 is 0 Å². The monoisotopic (exact) mass is 337 g/mol. The number of aromatic nitrogens is 1. The molecule has 3 amide bonds. The van der Waals surface area contributed by atoms with Crippen molar-refractivity contribution in [2.24, 2.45) is 5.92 Å². The molecule has 128 valence electrons. The minimum Gasteiger partial charge on any atom is -0.373 e. The second-order valence-electron chi connectivity index (χ2n) is 6.33. The number of benzene rings is 2. The fourth-order valence-electron chi connectivity index (χ4n) is 3.65. The number of nitrogens with zero attached hydrogens (tertiary/aromatic N) is 1. The van der Waals surface area contributed by atoms with Gasteiger partial charge in [0.25, 0.3) is 0 Å². The van der Waals surface area contributed by atoms with Gasteiger partial charge in [-0.2, -0.15) is 0 Å². The minimum absolute atomic E-state index is 0.356. The van der Waals surface area contributed by atoms with Crippen LogP contribution in [-0.2, 0) is 17.8 Å². The molecule has 25 heavy (non-hydrogen) atoms. The van der Waals surface area contributed by atoms with Crippen LogP contribution in [0.1, 0.15) is 12.5 Å². The number of hydrogen-bond acceptors (Lipinski definition) is 3. The molecule has 1 saturated heterocycles. The number of imide groups is 1. The average Bonchev–Trinajstić information content (AvgIpc) is 2.91. The number of aryl methyl sites for hydroxylation is 1. The second kappa shape index (κ2) is 5.89. The molecule has 2 heterocycles. The Balaban J connectivity index is 1.76. The molecule has 2 unspecified atom stereocenters. The van der Waals surface area contributed by atoms with E-state index >= 15 is 0 Å². The molecular formula is C19H19N3O3. The van der Waals surface area contributed by atoms with Crippen LogP contribution in [0.5, 0.6) is 0 Å². The normalized spacial score (nSPS) is 20.7. The van der Waals surface area contributed by atoms with Gasteiger partial charge in [-0.3, -0.25) is 10.1 Å².